The van der Waals surface area contributed by atoms with Crippen molar-refractivity contribution in [2.75, 3.05) is 4.72 Å². The summed E-state index contributed by atoms with van der Waals surface area (Å²) in [7, 11) is -3.80. The van der Waals surface area contributed by atoms with E-state index in [0.29, 0.717) is 27.3 Å². The topological polar surface area (TPSA) is 94.8 Å². The maximum atomic E-state index is 12.6. The minimum Gasteiger partial charge on any atom is -0.306 e. The van der Waals surface area contributed by atoms with Gasteiger partial charge in [-0.25, -0.2) is 13.2 Å². The molecule has 0 aliphatic rings. The van der Waals surface area contributed by atoms with Gasteiger partial charge in [0.1, 0.15) is 0 Å². The second-order valence-corrected chi connectivity index (χ2v) is 7.37. The lowest BCUT2D eigenvalue weighted by Crippen LogP contribution is -2.14. The van der Waals surface area contributed by atoms with Gasteiger partial charge in [-0.1, -0.05) is 17.7 Å². The van der Waals surface area contributed by atoms with Crippen LogP contribution >= 0.6 is 11.6 Å². The van der Waals surface area contributed by atoms with Gasteiger partial charge in [0.2, 0.25) is 0 Å². The molecule has 1 aromatic heterocycles. The summed E-state index contributed by atoms with van der Waals surface area (Å²) in [5.41, 5.74) is 2.37. The lowest BCUT2D eigenvalue weighted by molar-refractivity contribution is 0.601. The summed E-state index contributed by atoms with van der Waals surface area (Å²) in [5, 5.41) is 0.479. The quantitative estimate of drug-likeness (QED) is 0.677. The highest BCUT2D eigenvalue weighted by molar-refractivity contribution is 7.92. The maximum Gasteiger partial charge on any atom is 0.323 e. The van der Waals surface area contributed by atoms with Gasteiger partial charge in [0.25, 0.3) is 10.0 Å². The summed E-state index contributed by atoms with van der Waals surface area (Å²) in [6, 6.07) is 7.98. The molecule has 0 fully saturated rings. The molecule has 3 N–H and O–H groups in total. The van der Waals surface area contributed by atoms with Crippen LogP contribution in [-0.4, -0.2) is 18.4 Å². The van der Waals surface area contributed by atoms with Crippen molar-refractivity contribution in [2.24, 2.45) is 0 Å². The van der Waals surface area contributed by atoms with Crippen LogP contribution in [0.3, 0.4) is 0 Å². The Morgan fingerprint density at radius 1 is 1.00 bits per heavy atom. The number of H-pyrrole nitrogens is 2. The maximum absolute atomic E-state index is 12.6. The largest absolute Gasteiger partial charge is 0.323 e. The average Bonchev–Trinajstić information content (AvgIpc) is 2.80. The number of imidazole rings is 1. The molecule has 0 saturated carbocycles. The molecule has 0 atom stereocenters. The van der Waals surface area contributed by atoms with E-state index >= 15 is 0 Å². The Balaban J connectivity index is 2.06. The number of anilines is 1. The molecule has 0 aliphatic carbocycles. The number of nitrogens with one attached hydrogen (secondary N) is 3. The average molecular weight is 352 g/mol. The highest BCUT2D eigenvalue weighted by Gasteiger charge is 2.19. The van der Waals surface area contributed by atoms with E-state index in [0.717, 1.165) is 5.56 Å². The molecule has 6 nitrogen and oxygen atoms in total. The van der Waals surface area contributed by atoms with Gasteiger partial charge in [-0.3, -0.25) is 4.72 Å². The first-order valence-corrected chi connectivity index (χ1v) is 8.64. The monoisotopic (exact) mass is 351 g/mol. The standard InChI is InChI=1S/C15H14ClN3O3S/c1-8-3-4-10(6-11(8)16)19-23(21,22)14-7-13-12(5-9(14)2)17-15(20)18-13/h3-7,19H,1-2H3,(H2,17,18,20). The number of rotatable bonds is 3. The van der Waals surface area contributed by atoms with Crippen molar-refractivity contribution < 1.29 is 8.42 Å². The Bertz CT molecular complexity index is 1070. The van der Waals surface area contributed by atoms with Crippen molar-refractivity contribution in [3.8, 4) is 0 Å². The molecular weight excluding hydrogens is 338 g/mol. The molecule has 0 bridgehead atoms. The summed E-state index contributed by atoms with van der Waals surface area (Å²) < 4.78 is 27.7. The first kappa shape index (κ1) is 15.6. The Hall–Kier alpha value is -2.25. The zero-order valence-corrected chi connectivity index (χ0v) is 14.0. The third kappa shape index (κ3) is 2.97. The predicted molar refractivity (Wildman–Crippen MR) is 90.7 cm³/mol. The fraction of sp³-hybridized carbons (Fsp3) is 0.133. The number of aromatic nitrogens is 2. The highest BCUT2D eigenvalue weighted by atomic mass is 35.5. The summed E-state index contributed by atoms with van der Waals surface area (Å²) >= 11 is 6.02. The molecular formula is C15H14ClN3O3S. The van der Waals surface area contributed by atoms with Crippen LogP contribution in [-0.2, 0) is 10.0 Å². The fourth-order valence-corrected chi connectivity index (χ4v) is 3.81. The number of aromatic amines is 2. The fourth-order valence-electron chi connectivity index (χ4n) is 2.33. The first-order valence-electron chi connectivity index (χ1n) is 6.78. The lowest BCUT2D eigenvalue weighted by Gasteiger charge is -2.11. The normalized spacial score (nSPS) is 11.8. The van der Waals surface area contributed by atoms with Crippen LogP contribution in [0, 0.1) is 13.8 Å². The number of aryl methyl sites for hydroxylation is 2. The van der Waals surface area contributed by atoms with E-state index in [1.165, 1.54) is 6.07 Å². The Labute approximate surface area is 137 Å². The van der Waals surface area contributed by atoms with Gasteiger partial charge in [0.05, 0.1) is 21.6 Å². The van der Waals surface area contributed by atoms with E-state index in [4.69, 9.17) is 11.6 Å². The third-order valence-corrected chi connectivity index (χ3v) is 5.46. The Morgan fingerprint density at radius 2 is 1.65 bits per heavy atom. The number of benzene rings is 2. The molecule has 3 rings (SSSR count). The number of fused-ring (bicyclic) bond motifs is 1. The van der Waals surface area contributed by atoms with Gasteiger partial charge < -0.3 is 9.97 Å². The van der Waals surface area contributed by atoms with E-state index < -0.39 is 10.0 Å². The molecule has 23 heavy (non-hydrogen) atoms. The number of hydrogen-bond acceptors (Lipinski definition) is 3. The molecule has 120 valence electrons. The minimum atomic E-state index is -3.80. The molecule has 0 unspecified atom stereocenters. The number of halogens is 1. The zero-order valence-electron chi connectivity index (χ0n) is 12.4. The van der Waals surface area contributed by atoms with Crippen LogP contribution in [0.15, 0.2) is 40.0 Å². The summed E-state index contributed by atoms with van der Waals surface area (Å²) in [5.74, 6) is 0. The van der Waals surface area contributed by atoms with Crippen molar-refractivity contribution in [1.29, 1.82) is 0 Å². The molecule has 1 heterocycles. The molecule has 2 aromatic carbocycles. The van der Waals surface area contributed by atoms with Crippen LogP contribution in [0.4, 0.5) is 5.69 Å². The third-order valence-electron chi connectivity index (χ3n) is 3.53. The van der Waals surface area contributed by atoms with E-state index in [-0.39, 0.29) is 10.6 Å². The van der Waals surface area contributed by atoms with Crippen molar-refractivity contribution in [3.05, 3.63) is 57.0 Å². The van der Waals surface area contributed by atoms with Crippen LogP contribution in [0.1, 0.15) is 11.1 Å². The van der Waals surface area contributed by atoms with Crippen LogP contribution in [0.25, 0.3) is 11.0 Å². The van der Waals surface area contributed by atoms with E-state index in [1.54, 1.807) is 31.2 Å². The minimum absolute atomic E-state index is 0.0944. The molecule has 0 saturated heterocycles. The van der Waals surface area contributed by atoms with Gasteiger partial charge in [-0.15, -0.1) is 0 Å². The highest BCUT2D eigenvalue weighted by Crippen LogP contribution is 2.25. The lowest BCUT2D eigenvalue weighted by atomic mass is 10.2. The van der Waals surface area contributed by atoms with Crippen LogP contribution in [0.2, 0.25) is 5.02 Å². The zero-order chi connectivity index (χ0) is 16.8. The smallest absolute Gasteiger partial charge is 0.306 e. The first-order chi connectivity index (χ1) is 10.8. The number of sulfonamides is 1. The predicted octanol–water partition coefficient (Wildman–Crippen LogP) is 2.93. The molecule has 8 heteroatoms. The van der Waals surface area contributed by atoms with E-state index in [2.05, 4.69) is 14.7 Å². The second kappa shape index (κ2) is 5.43. The Morgan fingerprint density at radius 3 is 2.30 bits per heavy atom. The van der Waals surface area contributed by atoms with E-state index in [1.807, 2.05) is 6.92 Å². The van der Waals surface area contributed by atoms with Crippen molar-refractivity contribution in [3.63, 3.8) is 0 Å². The second-order valence-electron chi connectivity index (χ2n) is 5.31. The molecule has 0 spiro atoms. The Kier molecular flexibility index (Phi) is 3.69. The van der Waals surface area contributed by atoms with Crippen LogP contribution < -0.4 is 10.4 Å². The molecule has 0 radical (unpaired) electrons. The van der Waals surface area contributed by atoms with Gasteiger partial charge in [-0.05, 0) is 49.2 Å². The summed E-state index contributed by atoms with van der Waals surface area (Å²) in [4.78, 5) is 16.6. The van der Waals surface area contributed by atoms with Gasteiger partial charge >= 0.3 is 5.69 Å². The summed E-state index contributed by atoms with van der Waals surface area (Å²) in [6.07, 6.45) is 0. The molecule has 0 amide bonds. The van der Waals surface area contributed by atoms with Gasteiger partial charge in [0, 0.05) is 5.02 Å². The van der Waals surface area contributed by atoms with Crippen molar-refractivity contribution in [1.82, 2.24) is 9.97 Å². The summed E-state index contributed by atoms with van der Waals surface area (Å²) in [6.45, 7) is 3.50. The SMILES string of the molecule is Cc1ccc(NS(=O)(=O)c2cc3[nH]c(=O)[nH]c3cc2C)cc1Cl. The van der Waals surface area contributed by atoms with Crippen molar-refractivity contribution in [2.45, 2.75) is 18.7 Å². The van der Waals surface area contributed by atoms with Gasteiger partial charge in [-0.2, -0.15) is 0 Å². The number of hydrogen-bond donors (Lipinski definition) is 3. The molecule has 3 aromatic rings. The van der Waals surface area contributed by atoms with Crippen LogP contribution in [0.5, 0.6) is 0 Å². The van der Waals surface area contributed by atoms with E-state index in [9.17, 15) is 13.2 Å². The van der Waals surface area contributed by atoms with Crippen molar-refractivity contribution >= 4 is 38.3 Å². The molecule has 0 aliphatic heterocycles. The van der Waals surface area contributed by atoms with Gasteiger partial charge in [0.15, 0.2) is 0 Å².